The maximum absolute atomic E-state index is 7.36. The lowest BCUT2D eigenvalue weighted by Crippen LogP contribution is -2.16. The number of fused-ring (bicyclic) bond motifs is 8. The Morgan fingerprint density at radius 2 is 1.00 bits per heavy atom. The van der Waals surface area contributed by atoms with Gasteiger partial charge in [0.05, 0.1) is 17.1 Å². The summed E-state index contributed by atoms with van der Waals surface area (Å²) in [5.74, 6) is 0.497. The molecular formula is C65H50N2O. The Kier molecular flexibility index (Phi) is 8.71. The van der Waals surface area contributed by atoms with Crippen LogP contribution in [0.1, 0.15) is 68.6 Å². The van der Waals surface area contributed by atoms with E-state index >= 15 is 0 Å². The van der Waals surface area contributed by atoms with Gasteiger partial charge >= 0.3 is 0 Å². The zero-order valence-corrected chi connectivity index (χ0v) is 38.5. The highest BCUT2D eigenvalue weighted by Crippen LogP contribution is 2.53. The van der Waals surface area contributed by atoms with E-state index in [-0.39, 0.29) is 5.41 Å². The van der Waals surface area contributed by atoms with E-state index in [0.29, 0.717) is 5.92 Å². The van der Waals surface area contributed by atoms with Crippen LogP contribution in [0.15, 0.2) is 205 Å². The number of furan rings is 1. The number of nitrogens with zero attached hydrogens (tertiary/aromatic N) is 2. The van der Waals surface area contributed by atoms with E-state index in [1.165, 1.54) is 108 Å². The van der Waals surface area contributed by atoms with E-state index in [1.807, 2.05) is 0 Å². The van der Waals surface area contributed by atoms with Crippen molar-refractivity contribution in [3.63, 3.8) is 0 Å². The van der Waals surface area contributed by atoms with Crippen LogP contribution in [0.2, 0.25) is 0 Å². The maximum atomic E-state index is 7.36. The lowest BCUT2D eigenvalue weighted by Gasteiger charge is -2.30. The fourth-order valence-electron chi connectivity index (χ4n) is 12.5. The molecule has 0 N–H and O–H groups in total. The van der Waals surface area contributed by atoms with Crippen LogP contribution in [0.4, 0.5) is 34.1 Å². The molecule has 0 aliphatic heterocycles. The monoisotopic (exact) mass is 874 g/mol. The number of hydrogen-bond acceptors (Lipinski definition) is 3. The van der Waals surface area contributed by atoms with Crippen LogP contribution < -0.4 is 9.80 Å². The summed E-state index contributed by atoms with van der Waals surface area (Å²) in [6, 6.07) is 74.5. The van der Waals surface area contributed by atoms with Crippen molar-refractivity contribution in [1.82, 2.24) is 0 Å². The van der Waals surface area contributed by atoms with Crippen molar-refractivity contribution >= 4 is 99.2 Å². The van der Waals surface area contributed by atoms with Gasteiger partial charge in [-0.2, -0.15) is 0 Å². The Morgan fingerprint density at radius 3 is 1.74 bits per heavy atom. The molecule has 3 nitrogen and oxygen atoms in total. The highest BCUT2D eigenvalue weighted by atomic mass is 16.3. The molecule has 68 heavy (non-hydrogen) atoms. The zero-order valence-electron chi connectivity index (χ0n) is 38.5. The number of para-hydroxylation sites is 3. The number of benzene rings is 11. The molecule has 0 amide bonds. The third kappa shape index (κ3) is 5.78. The van der Waals surface area contributed by atoms with Crippen LogP contribution in [-0.2, 0) is 5.41 Å². The molecule has 1 fully saturated rings. The molecule has 2 aliphatic carbocycles. The molecule has 11 aromatic carbocycles. The van der Waals surface area contributed by atoms with Crippen molar-refractivity contribution < 1.29 is 4.42 Å². The van der Waals surface area contributed by atoms with Gasteiger partial charge in [0.15, 0.2) is 5.58 Å². The Labute approximate surface area is 396 Å². The molecule has 14 rings (SSSR count). The molecule has 1 saturated carbocycles. The highest BCUT2D eigenvalue weighted by Gasteiger charge is 2.36. The summed E-state index contributed by atoms with van der Waals surface area (Å²) in [5, 5.41) is 12.3. The quantitative estimate of drug-likeness (QED) is 0.149. The van der Waals surface area contributed by atoms with Gasteiger partial charge in [0.2, 0.25) is 0 Å². The molecule has 12 aromatic rings. The van der Waals surface area contributed by atoms with Crippen LogP contribution in [-0.4, -0.2) is 0 Å². The normalized spacial score (nSPS) is 14.7. The van der Waals surface area contributed by atoms with Gasteiger partial charge < -0.3 is 14.2 Å². The summed E-state index contributed by atoms with van der Waals surface area (Å²) in [7, 11) is 0. The average Bonchev–Trinajstić information content (AvgIpc) is 3.90. The van der Waals surface area contributed by atoms with Gasteiger partial charge in [0.25, 0.3) is 0 Å². The first-order valence-corrected chi connectivity index (χ1v) is 24.5. The molecule has 3 heteroatoms. The molecule has 326 valence electrons. The predicted molar refractivity (Wildman–Crippen MR) is 288 cm³/mol. The van der Waals surface area contributed by atoms with Gasteiger partial charge in [0.1, 0.15) is 5.58 Å². The molecule has 1 aromatic heterocycles. The van der Waals surface area contributed by atoms with Gasteiger partial charge in [-0.15, -0.1) is 0 Å². The minimum Gasteiger partial charge on any atom is -0.454 e. The van der Waals surface area contributed by atoms with E-state index in [4.69, 9.17) is 4.42 Å². The van der Waals surface area contributed by atoms with E-state index in [2.05, 4.69) is 224 Å². The van der Waals surface area contributed by atoms with E-state index in [0.717, 1.165) is 50.7 Å². The van der Waals surface area contributed by atoms with Crippen LogP contribution >= 0.6 is 0 Å². The molecular weight excluding hydrogens is 825 g/mol. The largest absolute Gasteiger partial charge is 0.454 e. The standard InChI is InChI=1S/C65H50N2O/c1-65(2)55-27-15-14-25-49(55)50-36-33-47(40-56(50)65)66(45-20-8-4-9-21-45)57-37-31-42-30-35-52-58(38-32-43-29-34-51(57)60(42)61(43)52)67(46-22-10-5-11-23-46)59-28-16-26-53-62-48-24-13-12-19-44(48)39-54(64(62)68-63(53)59)41-17-6-3-7-18-41/h4-5,8-16,19-41H,3,6-7,17-18H2,1-2H3. The summed E-state index contributed by atoms with van der Waals surface area (Å²) < 4.78 is 7.36. The van der Waals surface area contributed by atoms with E-state index in [1.54, 1.807) is 0 Å². The Balaban J connectivity index is 0.993. The third-order valence-electron chi connectivity index (χ3n) is 15.7. The van der Waals surface area contributed by atoms with Crippen molar-refractivity contribution in [2.75, 3.05) is 9.80 Å². The van der Waals surface area contributed by atoms with Crippen LogP contribution in [0, 0.1) is 0 Å². The Hall–Kier alpha value is -7.88. The molecule has 0 spiro atoms. The van der Waals surface area contributed by atoms with Crippen molar-refractivity contribution in [2.45, 2.75) is 57.3 Å². The van der Waals surface area contributed by atoms with Gasteiger partial charge in [-0.25, -0.2) is 0 Å². The second kappa shape index (κ2) is 15.1. The van der Waals surface area contributed by atoms with Crippen molar-refractivity contribution in [3.05, 3.63) is 217 Å². The molecule has 0 unspecified atom stereocenters. The van der Waals surface area contributed by atoms with Crippen LogP contribution in [0.25, 0.3) is 76.2 Å². The van der Waals surface area contributed by atoms with Crippen LogP contribution in [0.5, 0.6) is 0 Å². The molecule has 2 aliphatic rings. The van der Waals surface area contributed by atoms with Crippen LogP contribution in [0.3, 0.4) is 0 Å². The van der Waals surface area contributed by atoms with E-state index in [9.17, 15) is 0 Å². The second-order valence-corrected chi connectivity index (χ2v) is 19.8. The summed E-state index contributed by atoms with van der Waals surface area (Å²) in [6.07, 6.45) is 6.28. The number of anilines is 6. The number of rotatable bonds is 7. The summed E-state index contributed by atoms with van der Waals surface area (Å²) in [4.78, 5) is 4.91. The number of hydrogen-bond donors (Lipinski definition) is 0. The van der Waals surface area contributed by atoms with Crippen molar-refractivity contribution in [1.29, 1.82) is 0 Å². The fourth-order valence-corrected chi connectivity index (χ4v) is 12.5. The average molecular weight is 875 g/mol. The van der Waals surface area contributed by atoms with E-state index < -0.39 is 0 Å². The fraction of sp³-hybridized carbons (Fsp3) is 0.138. The van der Waals surface area contributed by atoms with Gasteiger partial charge in [-0.05, 0) is 140 Å². The van der Waals surface area contributed by atoms with Gasteiger partial charge in [0, 0.05) is 44.0 Å². The molecule has 0 bridgehead atoms. The lowest BCUT2D eigenvalue weighted by atomic mass is 9.82. The minimum atomic E-state index is -0.119. The smallest absolute Gasteiger partial charge is 0.159 e. The van der Waals surface area contributed by atoms with Gasteiger partial charge in [-0.3, -0.25) is 0 Å². The first-order valence-electron chi connectivity index (χ1n) is 24.5. The molecule has 0 saturated heterocycles. The summed E-state index contributed by atoms with van der Waals surface area (Å²) in [5.41, 5.74) is 15.3. The summed E-state index contributed by atoms with van der Waals surface area (Å²) >= 11 is 0. The minimum absolute atomic E-state index is 0.119. The van der Waals surface area contributed by atoms with Crippen molar-refractivity contribution in [2.24, 2.45) is 0 Å². The first kappa shape index (κ1) is 39.3. The first-order chi connectivity index (χ1) is 33.5. The SMILES string of the molecule is CC1(C)c2ccccc2-c2ccc(N(c3ccccc3)c3ccc4ccc5c(N(c6ccccc6)c6cccc7c6oc6c(C8CCCCC8)cc8ccccc8c67)ccc6ccc3c4c65)cc21. The maximum Gasteiger partial charge on any atom is 0.159 e. The third-order valence-corrected chi connectivity index (χ3v) is 15.7. The van der Waals surface area contributed by atoms with Crippen molar-refractivity contribution in [3.8, 4) is 11.1 Å². The summed E-state index contributed by atoms with van der Waals surface area (Å²) in [6.45, 7) is 4.73. The highest BCUT2D eigenvalue weighted by molar-refractivity contribution is 6.29. The predicted octanol–water partition coefficient (Wildman–Crippen LogP) is 18.9. The Bertz CT molecular complexity index is 3930. The second-order valence-electron chi connectivity index (χ2n) is 19.8. The zero-order chi connectivity index (χ0) is 45.1. The molecule has 1 heterocycles. The van der Waals surface area contributed by atoms with Gasteiger partial charge in [-0.1, -0.05) is 173 Å². The molecule has 0 atom stereocenters. The topological polar surface area (TPSA) is 19.6 Å². The lowest BCUT2D eigenvalue weighted by molar-refractivity contribution is 0.442. The Morgan fingerprint density at radius 1 is 0.397 bits per heavy atom. The molecule has 0 radical (unpaired) electrons.